The van der Waals surface area contributed by atoms with Crippen molar-refractivity contribution < 1.29 is 14.6 Å². The molecule has 1 atom stereocenters. The first kappa shape index (κ1) is 20.4. The second kappa shape index (κ2) is 6.72. The summed E-state index contributed by atoms with van der Waals surface area (Å²) in [6, 6.07) is 0. The highest BCUT2D eigenvalue weighted by Gasteiger charge is 2.48. The van der Waals surface area contributed by atoms with Crippen molar-refractivity contribution in [3.05, 3.63) is 5.21 Å². The standard InChI is InChI=1S/C19H37NO3/c1-13(2)10-19(9,14(3)4)16(21)23-15-11-17(5,6)20(22)18(7,8)12-15/h13-15,20H,10-12H2,1-9H3. The molecule has 1 aliphatic rings. The molecule has 0 spiro atoms. The third-order valence-corrected chi connectivity index (χ3v) is 5.55. The van der Waals surface area contributed by atoms with E-state index in [2.05, 4.69) is 27.7 Å². The second-order valence-corrected chi connectivity index (χ2v) is 9.70. The Morgan fingerprint density at radius 2 is 1.61 bits per heavy atom. The van der Waals surface area contributed by atoms with E-state index in [1.165, 1.54) is 0 Å². The molecule has 1 unspecified atom stereocenters. The van der Waals surface area contributed by atoms with Crippen LogP contribution in [0.3, 0.4) is 0 Å². The van der Waals surface area contributed by atoms with Gasteiger partial charge in [0.1, 0.15) is 6.10 Å². The minimum Gasteiger partial charge on any atom is -0.634 e. The van der Waals surface area contributed by atoms with Gasteiger partial charge < -0.3 is 15.0 Å². The highest BCUT2D eigenvalue weighted by Crippen LogP contribution is 2.37. The van der Waals surface area contributed by atoms with E-state index in [-0.39, 0.29) is 23.1 Å². The molecule has 1 fully saturated rings. The average Bonchev–Trinajstić information content (AvgIpc) is 2.33. The molecule has 0 radical (unpaired) electrons. The Balaban J connectivity index is 2.91. The fourth-order valence-electron chi connectivity index (χ4n) is 4.08. The number of esters is 1. The lowest BCUT2D eigenvalue weighted by Crippen LogP contribution is -3.23. The second-order valence-electron chi connectivity index (χ2n) is 9.70. The monoisotopic (exact) mass is 327 g/mol. The molecule has 4 heteroatoms. The zero-order valence-electron chi connectivity index (χ0n) is 16.6. The molecule has 1 aliphatic heterocycles. The maximum Gasteiger partial charge on any atom is 0.312 e. The molecule has 0 aromatic rings. The Morgan fingerprint density at radius 3 is 1.96 bits per heavy atom. The summed E-state index contributed by atoms with van der Waals surface area (Å²) >= 11 is 0. The third kappa shape index (κ3) is 4.48. The molecule has 4 nitrogen and oxygen atoms in total. The summed E-state index contributed by atoms with van der Waals surface area (Å²) in [5, 5.41) is 12.8. The zero-order chi connectivity index (χ0) is 18.2. The number of quaternary nitrogens is 1. The summed E-state index contributed by atoms with van der Waals surface area (Å²) in [7, 11) is 0. The first-order valence-electron chi connectivity index (χ1n) is 8.98. The van der Waals surface area contributed by atoms with Crippen LogP contribution in [0.1, 0.15) is 81.6 Å². The fourth-order valence-corrected chi connectivity index (χ4v) is 4.08. The molecular weight excluding hydrogens is 290 g/mol. The van der Waals surface area contributed by atoms with E-state index in [0.29, 0.717) is 18.8 Å². The minimum atomic E-state index is -0.468. The maximum atomic E-state index is 12.9. The van der Waals surface area contributed by atoms with Crippen molar-refractivity contribution in [1.29, 1.82) is 0 Å². The van der Waals surface area contributed by atoms with Gasteiger partial charge >= 0.3 is 5.97 Å². The molecule has 0 saturated carbocycles. The topological polar surface area (TPSA) is 53.8 Å². The third-order valence-electron chi connectivity index (χ3n) is 5.55. The van der Waals surface area contributed by atoms with E-state index in [4.69, 9.17) is 4.74 Å². The van der Waals surface area contributed by atoms with Gasteiger partial charge in [0.05, 0.1) is 16.5 Å². The van der Waals surface area contributed by atoms with Crippen LogP contribution in [-0.4, -0.2) is 23.2 Å². The predicted octanol–water partition coefficient (Wildman–Crippen LogP) is 3.34. The largest absolute Gasteiger partial charge is 0.634 e. The first-order valence-corrected chi connectivity index (χ1v) is 8.98. The highest BCUT2D eigenvalue weighted by atomic mass is 16.5. The van der Waals surface area contributed by atoms with Gasteiger partial charge in [-0.2, -0.15) is 0 Å². The smallest absolute Gasteiger partial charge is 0.312 e. The van der Waals surface area contributed by atoms with Crippen molar-refractivity contribution in [2.75, 3.05) is 0 Å². The van der Waals surface area contributed by atoms with Gasteiger partial charge in [0.25, 0.3) is 0 Å². The summed E-state index contributed by atoms with van der Waals surface area (Å²) in [6.45, 7) is 18.3. The van der Waals surface area contributed by atoms with Gasteiger partial charge in [0.2, 0.25) is 0 Å². The zero-order valence-corrected chi connectivity index (χ0v) is 16.6. The minimum absolute atomic E-state index is 0.104. The van der Waals surface area contributed by atoms with Gasteiger partial charge in [-0.15, -0.1) is 0 Å². The van der Waals surface area contributed by atoms with Gasteiger partial charge in [-0.25, -0.2) is 0 Å². The molecule has 23 heavy (non-hydrogen) atoms. The SMILES string of the molecule is CC(C)CC(C)(C(=O)OC1CC(C)(C)[NH+]([O-])C(C)(C)C1)C(C)C. The molecule has 0 aliphatic carbocycles. The molecule has 0 amide bonds. The van der Waals surface area contributed by atoms with Gasteiger partial charge in [0, 0.05) is 12.8 Å². The van der Waals surface area contributed by atoms with Crippen LogP contribution >= 0.6 is 0 Å². The van der Waals surface area contributed by atoms with Crippen LogP contribution in [0.15, 0.2) is 0 Å². The van der Waals surface area contributed by atoms with E-state index in [1.54, 1.807) is 0 Å². The maximum absolute atomic E-state index is 12.9. The quantitative estimate of drug-likeness (QED) is 0.622. The molecule has 0 aromatic heterocycles. The number of hydrogen-bond acceptors (Lipinski definition) is 3. The Hall–Kier alpha value is -0.610. The number of piperidine rings is 1. The lowest BCUT2D eigenvalue weighted by molar-refractivity contribution is -0.956. The van der Waals surface area contributed by atoms with Crippen LogP contribution < -0.4 is 5.06 Å². The predicted molar refractivity (Wildman–Crippen MR) is 94.0 cm³/mol. The normalized spacial score (nSPS) is 29.4. The first-order chi connectivity index (χ1) is 10.2. The van der Waals surface area contributed by atoms with Crippen molar-refractivity contribution in [2.24, 2.45) is 17.3 Å². The van der Waals surface area contributed by atoms with Gasteiger partial charge in [0.15, 0.2) is 0 Å². The fraction of sp³-hybridized carbons (Fsp3) is 0.947. The van der Waals surface area contributed by atoms with Crippen LogP contribution in [0.2, 0.25) is 0 Å². The van der Waals surface area contributed by atoms with Crippen molar-refractivity contribution in [2.45, 2.75) is 98.8 Å². The van der Waals surface area contributed by atoms with Crippen LogP contribution in [0.25, 0.3) is 0 Å². The molecule has 136 valence electrons. The Bertz CT molecular complexity index is 410. The van der Waals surface area contributed by atoms with E-state index < -0.39 is 16.5 Å². The summed E-state index contributed by atoms with van der Waals surface area (Å²) < 4.78 is 5.95. The number of carbonyl (C=O) groups excluding carboxylic acids is 1. The summed E-state index contributed by atoms with van der Waals surface area (Å²) in [6.07, 6.45) is 1.89. The lowest BCUT2D eigenvalue weighted by Gasteiger charge is -2.54. The van der Waals surface area contributed by atoms with Crippen molar-refractivity contribution >= 4 is 5.97 Å². The van der Waals surface area contributed by atoms with Crippen molar-refractivity contribution in [3.8, 4) is 0 Å². The number of hydrogen-bond donors (Lipinski definition) is 1. The van der Waals surface area contributed by atoms with Gasteiger partial charge in [-0.3, -0.25) is 4.79 Å². The van der Waals surface area contributed by atoms with Crippen LogP contribution in [0.4, 0.5) is 0 Å². The molecule has 1 saturated heterocycles. The summed E-state index contributed by atoms with van der Waals surface area (Å²) in [5.74, 6) is 0.562. The number of ether oxygens (including phenoxy) is 1. The number of nitrogens with one attached hydrogen (secondary N) is 1. The van der Waals surface area contributed by atoms with E-state index in [1.807, 2.05) is 34.6 Å². The van der Waals surface area contributed by atoms with E-state index in [0.717, 1.165) is 6.42 Å². The van der Waals surface area contributed by atoms with Gasteiger partial charge in [-0.1, -0.05) is 27.7 Å². The van der Waals surface area contributed by atoms with Crippen molar-refractivity contribution in [1.82, 2.24) is 0 Å². The highest BCUT2D eigenvalue weighted by molar-refractivity contribution is 5.77. The van der Waals surface area contributed by atoms with E-state index in [9.17, 15) is 10.0 Å². The summed E-state index contributed by atoms with van der Waals surface area (Å²) in [5.41, 5.74) is -1.33. The lowest BCUT2D eigenvalue weighted by atomic mass is 9.73. The molecule has 0 bridgehead atoms. The molecular formula is C19H37NO3. The average molecular weight is 328 g/mol. The van der Waals surface area contributed by atoms with Gasteiger partial charge in [-0.05, 0) is 52.9 Å². The summed E-state index contributed by atoms with van der Waals surface area (Å²) in [4.78, 5) is 12.9. The molecule has 0 aromatic carbocycles. The van der Waals surface area contributed by atoms with Crippen molar-refractivity contribution in [3.63, 3.8) is 0 Å². The van der Waals surface area contributed by atoms with Crippen LogP contribution in [-0.2, 0) is 9.53 Å². The molecule has 1 rings (SSSR count). The Kier molecular flexibility index (Phi) is 5.97. The number of carbonyl (C=O) groups is 1. The number of rotatable bonds is 5. The molecule has 1 N–H and O–H groups in total. The molecule has 1 heterocycles. The Labute approximate surface area is 142 Å². The number of hydroxylamine groups is 2. The Morgan fingerprint density at radius 1 is 1.17 bits per heavy atom. The van der Waals surface area contributed by atoms with Crippen LogP contribution in [0, 0.1) is 22.5 Å². The van der Waals surface area contributed by atoms with Crippen LogP contribution in [0.5, 0.6) is 0 Å². The van der Waals surface area contributed by atoms with E-state index >= 15 is 0 Å².